The summed E-state index contributed by atoms with van der Waals surface area (Å²) in [4.78, 5) is 38.1. The Balaban J connectivity index is 1.32. The smallest absolute Gasteiger partial charge is 0.255 e. The number of aryl methyl sites for hydroxylation is 1. The topological polar surface area (TPSA) is 84.8 Å². The van der Waals surface area contributed by atoms with Gasteiger partial charge in [0.1, 0.15) is 5.82 Å². The molecule has 2 aromatic heterocycles. The van der Waals surface area contributed by atoms with Gasteiger partial charge in [-0.05, 0) is 82.9 Å². The normalized spacial score (nSPS) is 10.8. The third kappa shape index (κ3) is 5.71. The lowest BCUT2D eigenvalue weighted by Gasteiger charge is -2.11. The van der Waals surface area contributed by atoms with Gasteiger partial charge in [0.05, 0.1) is 5.69 Å². The van der Waals surface area contributed by atoms with E-state index in [2.05, 4.69) is 21.9 Å². The third-order valence-corrected chi connectivity index (χ3v) is 6.39. The maximum absolute atomic E-state index is 13.1. The molecule has 0 bridgehead atoms. The zero-order valence-corrected chi connectivity index (χ0v) is 21.0. The zero-order chi connectivity index (χ0) is 26.5. The standard InChI is InChI=1S/C32H26N4O2/c1-3-29(37)16-22-7-9-24-18-28(11-10-23(24)15-22)35-32(38)25-8-6-21(2)27(17-25)19-31-34-14-12-30(36-31)26-5-4-13-33-20-26/h3-15,17-18,20H,1,16,19H2,2H3,(H,35,38). The zero-order valence-electron chi connectivity index (χ0n) is 21.0. The van der Waals surface area contributed by atoms with Crippen LogP contribution in [0.2, 0.25) is 0 Å². The van der Waals surface area contributed by atoms with Crippen molar-refractivity contribution in [2.75, 3.05) is 5.32 Å². The van der Waals surface area contributed by atoms with Gasteiger partial charge in [0, 0.05) is 48.2 Å². The van der Waals surface area contributed by atoms with Crippen molar-refractivity contribution < 1.29 is 9.59 Å². The molecule has 186 valence electrons. The number of benzene rings is 3. The van der Waals surface area contributed by atoms with Crippen LogP contribution in [0.25, 0.3) is 22.0 Å². The number of pyridine rings is 1. The van der Waals surface area contributed by atoms with E-state index >= 15 is 0 Å². The van der Waals surface area contributed by atoms with Gasteiger partial charge >= 0.3 is 0 Å². The average Bonchev–Trinajstić information content (AvgIpc) is 2.95. The van der Waals surface area contributed by atoms with Gasteiger partial charge in [-0.2, -0.15) is 0 Å². The van der Waals surface area contributed by atoms with E-state index in [9.17, 15) is 9.59 Å². The number of hydrogen-bond donors (Lipinski definition) is 1. The Bertz CT molecular complexity index is 1660. The fourth-order valence-corrected chi connectivity index (χ4v) is 4.29. The Kier molecular flexibility index (Phi) is 7.13. The molecule has 0 aliphatic rings. The van der Waals surface area contributed by atoms with Crippen LogP contribution in [0.4, 0.5) is 5.69 Å². The Morgan fingerprint density at radius 3 is 2.61 bits per heavy atom. The van der Waals surface area contributed by atoms with Gasteiger partial charge in [0.15, 0.2) is 5.78 Å². The van der Waals surface area contributed by atoms with Crippen molar-refractivity contribution in [2.24, 2.45) is 0 Å². The molecule has 0 aliphatic carbocycles. The molecule has 5 aromatic rings. The molecule has 0 atom stereocenters. The van der Waals surface area contributed by atoms with E-state index in [1.54, 1.807) is 18.6 Å². The van der Waals surface area contributed by atoms with Gasteiger partial charge in [-0.3, -0.25) is 14.6 Å². The highest BCUT2D eigenvalue weighted by atomic mass is 16.1. The predicted molar refractivity (Wildman–Crippen MR) is 150 cm³/mol. The van der Waals surface area contributed by atoms with Gasteiger partial charge in [-0.25, -0.2) is 9.97 Å². The van der Waals surface area contributed by atoms with Gasteiger partial charge in [-0.1, -0.05) is 36.9 Å². The first-order chi connectivity index (χ1) is 18.5. The van der Waals surface area contributed by atoms with Crippen molar-refractivity contribution in [1.29, 1.82) is 0 Å². The minimum Gasteiger partial charge on any atom is -0.322 e. The van der Waals surface area contributed by atoms with E-state index in [1.165, 1.54) is 6.08 Å². The fraction of sp³-hybridized carbons (Fsp3) is 0.0938. The molecular formula is C32H26N4O2. The third-order valence-electron chi connectivity index (χ3n) is 6.39. The highest BCUT2D eigenvalue weighted by Gasteiger charge is 2.12. The van der Waals surface area contributed by atoms with Crippen molar-refractivity contribution >= 4 is 28.2 Å². The summed E-state index contributed by atoms with van der Waals surface area (Å²) >= 11 is 0. The molecule has 6 heteroatoms. The second-order valence-corrected chi connectivity index (χ2v) is 9.12. The summed E-state index contributed by atoms with van der Waals surface area (Å²) in [5.74, 6) is 0.470. The first-order valence-electron chi connectivity index (χ1n) is 12.3. The number of ketones is 1. The van der Waals surface area contributed by atoms with Crippen LogP contribution in [0.15, 0.2) is 104 Å². The van der Waals surface area contributed by atoms with Crippen LogP contribution in [0.3, 0.4) is 0 Å². The number of rotatable bonds is 8. The summed E-state index contributed by atoms with van der Waals surface area (Å²) in [6.45, 7) is 5.55. The van der Waals surface area contributed by atoms with Crippen LogP contribution in [0.1, 0.15) is 32.9 Å². The van der Waals surface area contributed by atoms with Crippen molar-refractivity contribution in [3.05, 3.63) is 132 Å². The maximum atomic E-state index is 13.1. The molecular weight excluding hydrogens is 472 g/mol. The first kappa shape index (κ1) is 24.7. The molecule has 2 heterocycles. The Labute approximate surface area is 221 Å². The minimum absolute atomic E-state index is 0.0153. The number of fused-ring (bicyclic) bond motifs is 1. The monoisotopic (exact) mass is 498 g/mol. The number of amides is 1. The predicted octanol–water partition coefficient (Wildman–Crippen LogP) is 6.14. The number of allylic oxidation sites excluding steroid dienone is 1. The summed E-state index contributed by atoms with van der Waals surface area (Å²) in [5, 5.41) is 4.99. The molecule has 0 saturated carbocycles. The van der Waals surface area contributed by atoms with Crippen molar-refractivity contribution in [2.45, 2.75) is 19.8 Å². The summed E-state index contributed by atoms with van der Waals surface area (Å²) in [7, 11) is 0. The maximum Gasteiger partial charge on any atom is 0.255 e. The number of aromatic nitrogens is 3. The lowest BCUT2D eigenvalue weighted by Crippen LogP contribution is -2.12. The molecule has 0 unspecified atom stereocenters. The van der Waals surface area contributed by atoms with E-state index < -0.39 is 0 Å². The Morgan fingerprint density at radius 2 is 1.79 bits per heavy atom. The molecule has 5 rings (SSSR count). The Morgan fingerprint density at radius 1 is 0.947 bits per heavy atom. The van der Waals surface area contributed by atoms with Crippen LogP contribution in [0.5, 0.6) is 0 Å². The number of nitrogens with one attached hydrogen (secondary N) is 1. The summed E-state index contributed by atoms with van der Waals surface area (Å²) in [5.41, 5.74) is 5.98. The largest absolute Gasteiger partial charge is 0.322 e. The van der Waals surface area contributed by atoms with E-state index in [4.69, 9.17) is 4.98 Å². The van der Waals surface area contributed by atoms with Gasteiger partial charge in [0.2, 0.25) is 0 Å². The summed E-state index contributed by atoms with van der Waals surface area (Å²) in [6.07, 6.45) is 7.43. The van der Waals surface area contributed by atoms with Crippen LogP contribution in [-0.4, -0.2) is 26.6 Å². The first-order valence-corrected chi connectivity index (χ1v) is 12.3. The van der Waals surface area contributed by atoms with Gasteiger partial charge in [0.25, 0.3) is 5.91 Å². The molecule has 1 N–H and O–H groups in total. The minimum atomic E-state index is -0.191. The highest BCUT2D eigenvalue weighted by molar-refractivity contribution is 6.05. The van der Waals surface area contributed by atoms with Gasteiger partial charge in [-0.15, -0.1) is 0 Å². The van der Waals surface area contributed by atoms with E-state index in [-0.39, 0.29) is 11.7 Å². The number of nitrogens with zero attached hydrogens (tertiary/aromatic N) is 3. The number of carbonyl (C=O) groups excluding carboxylic acids is 2. The highest BCUT2D eigenvalue weighted by Crippen LogP contribution is 2.23. The van der Waals surface area contributed by atoms with Crippen molar-refractivity contribution in [3.63, 3.8) is 0 Å². The summed E-state index contributed by atoms with van der Waals surface area (Å²) in [6, 6.07) is 23.0. The van der Waals surface area contributed by atoms with Crippen LogP contribution < -0.4 is 5.32 Å². The van der Waals surface area contributed by atoms with Crippen molar-refractivity contribution in [1.82, 2.24) is 15.0 Å². The van der Waals surface area contributed by atoms with Crippen LogP contribution >= 0.6 is 0 Å². The lowest BCUT2D eigenvalue weighted by atomic mass is 10.0. The second-order valence-electron chi connectivity index (χ2n) is 9.12. The molecule has 0 saturated heterocycles. The average molecular weight is 499 g/mol. The van der Waals surface area contributed by atoms with E-state index in [0.717, 1.165) is 38.7 Å². The van der Waals surface area contributed by atoms with E-state index in [0.29, 0.717) is 29.9 Å². The lowest BCUT2D eigenvalue weighted by molar-refractivity contribution is -0.114. The summed E-state index contributed by atoms with van der Waals surface area (Å²) < 4.78 is 0. The number of anilines is 1. The molecule has 38 heavy (non-hydrogen) atoms. The van der Waals surface area contributed by atoms with E-state index in [1.807, 2.05) is 79.7 Å². The van der Waals surface area contributed by atoms with Crippen LogP contribution in [-0.2, 0) is 17.6 Å². The molecule has 0 aliphatic heterocycles. The molecule has 3 aromatic carbocycles. The number of carbonyl (C=O) groups is 2. The molecule has 1 amide bonds. The number of hydrogen-bond acceptors (Lipinski definition) is 5. The van der Waals surface area contributed by atoms with Gasteiger partial charge < -0.3 is 5.32 Å². The van der Waals surface area contributed by atoms with Crippen LogP contribution in [0, 0.1) is 6.92 Å². The fourth-order valence-electron chi connectivity index (χ4n) is 4.29. The second kappa shape index (κ2) is 11.0. The molecule has 0 radical (unpaired) electrons. The SMILES string of the molecule is C=CC(=O)Cc1ccc2cc(NC(=O)c3ccc(C)c(Cc4nccc(-c5cccnc5)n4)c3)ccc2c1. The van der Waals surface area contributed by atoms with Crippen molar-refractivity contribution in [3.8, 4) is 11.3 Å². The molecule has 6 nitrogen and oxygen atoms in total. The Hall–Kier alpha value is -4.97. The molecule has 0 spiro atoms. The molecule has 0 fully saturated rings. The quantitative estimate of drug-likeness (QED) is 0.260.